The Morgan fingerprint density at radius 1 is 1.33 bits per heavy atom. The van der Waals surface area contributed by atoms with Gasteiger partial charge in [0.25, 0.3) is 5.56 Å². The molecular weight excluding hydrogens is 306 g/mol. The number of ether oxygens (including phenoxy) is 1. The van der Waals surface area contributed by atoms with Crippen LogP contribution in [0, 0.1) is 0 Å². The average molecular weight is 327 g/mol. The minimum atomic E-state index is -0.248. The van der Waals surface area contributed by atoms with Crippen LogP contribution in [0.25, 0.3) is 0 Å². The van der Waals surface area contributed by atoms with Crippen LogP contribution in [0.5, 0.6) is 5.75 Å². The van der Waals surface area contributed by atoms with Gasteiger partial charge < -0.3 is 10.1 Å². The van der Waals surface area contributed by atoms with Crippen molar-refractivity contribution in [2.45, 2.75) is 31.7 Å². The van der Waals surface area contributed by atoms with Gasteiger partial charge in [-0.25, -0.2) is 4.68 Å². The number of rotatable bonds is 7. The first-order chi connectivity index (χ1) is 11.7. The van der Waals surface area contributed by atoms with E-state index in [2.05, 4.69) is 10.4 Å². The van der Waals surface area contributed by atoms with Gasteiger partial charge in [0.05, 0.1) is 12.8 Å². The monoisotopic (exact) mass is 327 g/mol. The molecule has 3 rings (SSSR count). The summed E-state index contributed by atoms with van der Waals surface area (Å²) in [5.74, 6) is 1.04. The molecule has 0 saturated heterocycles. The van der Waals surface area contributed by atoms with Crippen molar-refractivity contribution >= 4 is 5.91 Å². The van der Waals surface area contributed by atoms with Crippen LogP contribution in [-0.4, -0.2) is 29.3 Å². The standard InChI is InChI=1S/C18H21N3O3/c1-24-15-4-2-3-13(11-15)9-10-19-17(22)12-21-18(23)8-7-16(20-21)14-5-6-14/h2-4,7-8,11,14H,5-6,9-10,12H2,1H3,(H,19,22). The van der Waals surface area contributed by atoms with Crippen LogP contribution >= 0.6 is 0 Å². The van der Waals surface area contributed by atoms with Gasteiger partial charge in [-0.1, -0.05) is 12.1 Å². The lowest BCUT2D eigenvalue weighted by Crippen LogP contribution is -2.34. The van der Waals surface area contributed by atoms with Crippen molar-refractivity contribution in [3.05, 3.63) is 58.0 Å². The quantitative estimate of drug-likeness (QED) is 0.836. The second kappa shape index (κ2) is 7.29. The molecule has 1 aliphatic rings. The lowest BCUT2D eigenvalue weighted by Gasteiger charge is -2.08. The Hall–Kier alpha value is -2.63. The second-order valence-electron chi connectivity index (χ2n) is 5.98. The van der Waals surface area contributed by atoms with Crippen molar-refractivity contribution in [1.82, 2.24) is 15.1 Å². The first kappa shape index (κ1) is 16.2. The maximum absolute atomic E-state index is 12.0. The number of carbonyl (C=O) groups excluding carboxylic acids is 1. The fourth-order valence-corrected chi connectivity index (χ4v) is 2.54. The van der Waals surface area contributed by atoms with Gasteiger partial charge in [-0.3, -0.25) is 9.59 Å². The molecule has 1 N–H and O–H groups in total. The van der Waals surface area contributed by atoms with Crippen molar-refractivity contribution in [3.63, 3.8) is 0 Å². The maximum Gasteiger partial charge on any atom is 0.267 e. The molecule has 1 aromatic heterocycles. The number of amides is 1. The van der Waals surface area contributed by atoms with E-state index >= 15 is 0 Å². The summed E-state index contributed by atoms with van der Waals surface area (Å²) in [6, 6.07) is 11.0. The van der Waals surface area contributed by atoms with Gasteiger partial charge in [0.2, 0.25) is 5.91 Å². The molecule has 0 bridgehead atoms. The molecule has 6 nitrogen and oxygen atoms in total. The van der Waals surface area contributed by atoms with E-state index in [1.807, 2.05) is 24.3 Å². The number of carbonyl (C=O) groups is 1. The summed E-state index contributed by atoms with van der Waals surface area (Å²) in [5.41, 5.74) is 1.74. The highest BCUT2D eigenvalue weighted by atomic mass is 16.5. The van der Waals surface area contributed by atoms with Gasteiger partial charge in [-0.15, -0.1) is 0 Å². The first-order valence-electron chi connectivity index (χ1n) is 8.13. The van der Waals surface area contributed by atoms with Crippen LogP contribution in [-0.2, 0) is 17.8 Å². The third kappa shape index (κ3) is 4.22. The zero-order valence-corrected chi connectivity index (χ0v) is 13.7. The molecule has 0 aliphatic heterocycles. The number of hydrogen-bond acceptors (Lipinski definition) is 4. The van der Waals surface area contributed by atoms with Crippen LogP contribution in [0.4, 0.5) is 0 Å². The Labute approximate surface area is 140 Å². The number of methoxy groups -OCH3 is 1. The van der Waals surface area contributed by atoms with E-state index in [9.17, 15) is 9.59 Å². The Bertz CT molecular complexity index is 781. The molecule has 1 aliphatic carbocycles. The third-order valence-corrected chi connectivity index (χ3v) is 4.05. The van der Waals surface area contributed by atoms with Crippen molar-refractivity contribution < 1.29 is 9.53 Å². The van der Waals surface area contributed by atoms with Crippen LogP contribution in [0.1, 0.15) is 30.0 Å². The van der Waals surface area contributed by atoms with Gasteiger partial charge in [-0.2, -0.15) is 5.10 Å². The Morgan fingerprint density at radius 2 is 2.17 bits per heavy atom. The summed E-state index contributed by atoms with van der Waals surface area (Å²) >= 11 is 0. The summed E-state index contributed by atoms with van der Waals surface area (Å²) in [4.78, 5) is 23.9. The molecule has 24 heavy (non-hydrogen) atoms. The van der Waals surface area contributed by atoms with E-state index in [0.29, 0.717) is 18.9 Å². The molecule has 0 atom stereocenters. The number of nitrogens with one attached hydrogen (secondary N) is 1. The predicted molar refractivity (Wildman–Crippen MR) is 90.2 cm³/mol. The topological polar surface area (TPSA) is 73.2 Å². The molecule has 0 spiro atoms. The zero-order valence-electron chi connectivity index (χ0n) is 13.7. The fourth-order valence-electron chi connectivity index (χ4n) is 2.54. The molecular formula is C18H21N3O3. The smallest absolute Gasteiger partial charge is 0.267 e. The number of nitrogens with zero attached hydrogens (tertiary/aromatic N) is 2. The minimum Gasteiger partial charge on any atom is -0.497 e. The summed E-state index contributed by atoms with van der Waals surface area (Å²) in [7, 11) is 1.63. The Morgan fingerprint density at radius 3 is 2.92 bits per heavy atom. The molecule has 0 radical (unpaired) electrons. The highest BCUT2D eigenvalue weighted by Crippen LogP contribution is 2.38. The van der Waals surface area contributed by atoms with Crippen molar-refractivity contribution in [3.8, 4) is 5.75 Å². The van der Waals surface area contributed by atoms with Crippen LogP contribution in [0.2, 0.25) is 0 Å². The molecule has 1 saturated carbocycles. The van der Waals surface area contributed by atoms with Crippen molar-refractivity contribution in [2.75, 3.05) is 13.7 Å². The van der Waals surface area contributed by atoms with E-state index in [1.54, 1.807) is 13.2 Å². The highest BCUT2D eigenvalue weighted by molar-refractivity contribution is 5.75. The molecule has 1 fully saturated rings. The summed E-state index contributed by atoms with van der Waals surface area (Å²) in [6.45, 7) is 0.459. The minimum absolute atomic E-state index is 0.0441. The number of aromatic nitrogens is 2. The molecule has 1 aromatic carbocycles. The van der Waals surface area contributed by atoms with Crippen LogP contribution < -0.4 is 15.6 Å². The lowest BCUT2D eigenvalue weighted by molar-refractivity contribution is -0.121. The van der Waals surface area contributed by atoms with E-state index < -0.39 is 0 Å². The number of benzene rings is 1. The van der Waals surface area contributed by atoms with Gasteiger partial charge in [0.1, 0.15) is 12.3 Å². The summed E-state index contributed by atoms with van der Waals surface area (Å²) in [6.07, 6.45) is 2.92. The van der Waals surface area contributed by atoms with Gasteiger partial charge in [-0.05, 0) is 43.0 Å². The summed E-state index contributed by atoms with van der Waals surface area (Å²) in [5, 5.41) is 7.12. The first-order valence-corrected chi connectivity index (χ1v) is 8.13. The average Bonchev–Trinajstić information content (AvgIpc) is 3.42. The van der Waals surface area contributed by atoms with Gasteiger partial charge >= 0.3 is 0 Å². The van der Waals surface area contributed by atoms with E-state index in [4.69, 9.17) is 4.74 Å². The normalized spacial score (nSPS) is 13.5. The van der Waals surface area contributed by atoms with Gasteiger partial charge in [0.15, 0.2) is 0 Å². The van der Waals surface area contributed by atoms with Gasteiger partial charge in [0, 0.05) is 18.5 Å². The molecule has 1 amide bonds. The molecule has 6 heteroatoms. The Kier molecular flexibility index (Phi) is 4.93. The zero-order chi connectivity index (χ0) is 16.9. The van der Waals surface area contributed by atoms with E-state index in [0.717, 1.165) is 29.8 Å². The molecule has 1 heterocycles. The largest absolute Gasteiger partial charge is 0.497 e. The van der Waals surface area contributed by atoms with Crippen molar-refractivity contribution in [2.24, 2.45) is 0 Å². The maximum atomic E-state index is 12.0. The highest BCUT2D eigenvalue weighted by Gasteiger charge is 2.25. The van der Waals surface area contributed by atoms with Crippen molar-refractivity contribution in [1.29, 1.82) is 0 Å². The third-order valence-electron chi connectivity index (χ3n) is 4.05. The van der Waals surface area contributed by atoms with E-state index in [1.165, 1.54) is 10.7 Å². The lowest BCUT2D eigenvalue weighted by atomic mass is 10.1. The SMILES string of the molecule is COc1cccc(CCNC(=O)Cn2nc(C3CC3)ccc2=O)c1. The summed E-state index contributed by atoms with van der Waals surface area (Å²) < 4.78 is 6.42. The predicted octanol–water partition coefficient (Wildman–Crippen LogP) is 1.49. The molecule has 2 aromatic rings. The number of hydrogen-bond donors (Lipinski definition) is 1. The second-order valence-corrected chi connectivity index (χ2v) is 5.98. The van der Waals surface area contributed by atoms with Crippen LogP contribution in [0.15, 0.2) is 41.2 Å². The molecule has 126 valence electrons. The van der Waals surface area contributed by atoms with E-state index in [-0.39, 0.29) is 18.0 Å². The van der Waals surface area contributed by atoms with Crippen LogP contribution in [0.3, 0.4) is 0 Å². The fraction of sp³-hybridized carbons (Fsp3) is 0.389. The molecule has 0 unspecified atom stereocenters. The Balaban J connectivity index is 1.52.